The van der Waals surface area contributed by atoms with Crippen molar-refractivity contribution in [3.8, 4) is 0 Å². The summed E-state index contributed by atoms with van der Waals surface area (Å²) in [6.07, 6.45) is 2.26. The molecule has 1 aliphatic heterocycles. The van der Waals surface area contributed by atoms with Crippen LogP contribution in [0, 0.1) is 0 Å². The third-order valence-corrected chi connectivity index (χ3v) is 3.17. The first kappa shape index (κ1) is 10.6. The molecule has 1 fully saturated rings. The van der Waals surface area contributed by atoms with Crippen LogP contribution in [0.5, 0.6) is 0 Å². The van der Waals surface area contributed by atoms with Gasteiger partial charge in [0.2, 0.25) is 0 Å². The van der Waals surface area contributed by atoms with Crippen molar-refractivity contribution in [3.05, 3.63) is 27.1 Å². The topological polar surface area (TPSA) is 49.0 Å². The first-order chi connectivity index (χ1) is 7.22. The van der Waals surface area contributed by atoms with Crippen LogP contribution in [-0.4, -0.2) is 28.2 Å². The standard InChI is InChI=1S/C10H14ClN3O/c1-2-14-5-3-4-9(14)8-6-7(11)10(15)13-12-8/h6,9H,2-5H2,1H3,(H,13,15). The monoisotopic (exact) mass is 227 g/mol. The number of aromatic amines is 1. The van der Waals surface area contributed by atoms with E-state index in [9.17, 15) is 4.79 Å². The van der Waals surface area contributed by atoms with E-state index in [1.807, 2.05) is 0 Å². The molecule has 1 N–H and O–H groups in total. The van der Waals surface area contributed by atoms with E-state index in [1.54, 1.807) is 6.07 Å². The maximum Gasteiger partial charge on any atom is 0.282 e. The largest absolute Gasteiger partial charge is 0.295 e. The summed E-state index contributed by atoms with van der Waals surface area (Å²) in [5.74, 6) is 0. The van der Waals surface area contributed by atoms with Gasteiger partial charge in [-0.2, -0.15) is 5.10 Å². The van der Waals surface area contributed by atoms with Gasteiger partial charge >= 0.3 is 0 Å². The quantitative estimate of drug-likeness (QED) is 0.835. The summed E-state index contributed by atoms with van der Waals surface area (Å²) in [6, 6.07) is 1.99. The fourth-order valence-electron chi connectivity index (χ4n) is 2.11. The molecular weight excluding hydrogens is 214 g/mol. The number of nitrogens with zero attached hydrogens (tertiary/aromatic N) is 2. The minimum atomic E-state index is -0.318. The van der Waals surface area contributed by atoms with Gasteiger partial charge in [-0.15, -0.1) is 0 Å². The second kappa shape index (κ2) is 4.33. The fraction of sp³-hybridized carbons (Fsp3) is 0.600. The smallest absolute Gasteiger partial charge is 0.282 e. The summed E-state index contributed by atoms with van der Waals surface area (Å²) in [7, 11) is 0. The van der Waals surface area contributed by atoms with Crippen LogP contribution in [0.2, 0.25) is 5.02 Å². The average molecular weight is 228 g/mol. The van der Waals surface area contributed by atoms with Crippen LogP contribution in [0.3, 0.4) is 0 Å². The van der Waals surface area contributed by atoms with Crippen molar-refractivity contribution in [1.82, 2.24) is 15.1 Å². The lowest BCUT2D eigenvalue weighted by atomic mass is 10.1. The second-order valence-electron chi connectivity index (χ2n) is 3.76. The molecule has 1 unspecified atom stereocenters. The fourth-order valence-corrected chi connectivity index (χ4v) is 2.26. The molecule has 4 nitrogen and oxygen atoms in total. The molecule has 1 aromatic rings. The molecule has 2 heterocycles. The van der Waals surface area contributed by atoms with Crippen LogP contribution >= 0.6 is 11.6 Å². The molecule has 0 saturated carbocycles. The molecule has 1 saturated heterocycles. The van der Waals surface area contributed by atoms with Gasteiger partial charge in [0, 0.05) is 0 Å². The highest BCUT2D eigenvalue weighted by atomic mass is 35.5. The molecule has 2 rings (SSSR count). The van der Waals surface area contributed by atoms with Crippen molar-refractivity contribution in [3.63, 3.8) is 0 Å². The first-order valence-corrected chi connectivity index (χ1v) is 5.59. The molecule has 0 aromatic carbocycles. The predicted octanol–water partition coefficient (Wildman–Crippen LogP) is 1.58. The number of likely N-dealkylation sites (tertiary alicyclic amines) is 1. The van der Waals surface area contributed by atoms with Gasteiger partial charge in [-0.1, -0.05) is 18.5 Å². The predicted molar refractivity (Wildman–Crippen MR) is 59.1 cm³/mol. The highest BCUT2D eigenvalue weighted by Gasteiger charge is 2.26. The normalized spacial score (nSPS) is 22.1. The Bertz CT molecular complexity index is 404. The van der Waals surface area contributed by atoms with Crippen molar-refractivity contribution < 1.29 is 0 Å². The van der Waals surface area contributed by atoms with E-state index in [0.717, 1.165) is 25.2 Å². The Balaban J connectivity index is 2.29. The van der Waals surface area contributed by atoms with Crippen LogP contribution in [0.25, 0.3) is 0 Å². The molecule has 5 heteroatoms. The second-order valence-corrected chi connectivity index (χ2v) is 4.16. The summed E-state index contributed by atoms with van der Waals surface area (Å²) in [5, 5.41) is 6.71. The molecular formula is C10H14ClN3O. The van der Waals surface area contributed by atoms with Crippen LogP contribution in [0.15, 0.2) is 10.9 Å². The molecule has 0 radical (unpaired) electrons. The summed E-state index contributed by atoms with van der Waals surface area (Å²) in [4.78, 5) is 13.4. The summed E-state index contributed by atoms with van der Waals surface area (Å²) >= 11 is 5.78. The summed E-state index contributed by atoms with van der Waals surface area (Å²) < 4.78 is 0. The van der Waals surface area contributed by atoms with Gasteiger partial charge in [0.1, 0.15) is 5.02 Å². The van der Waals surface area contributed by atoms with Crippen molar-refractivity contribution in [2.75, 3.05) is 13.1 Å². The molecule has 1 aliphatic rings. The molecule has 0 aliphatic carbocycles. The Morgan fingerprint density at radius 2 is 2.53 bits per heavy atom. The number of rotatable bonds is 2. The van der Waals surface area contributed by atoms with Gasteiger partial charge in [0.25, 0.3) is 5.56 Å². The molecule has 0 amide bonds. The van der Waals surface area contributed by atoms with E-state index in [4.69, 9.17) is 11.6 Å². The molecule has 0 bridgehead atoms. The molecule has 15 heavy (non-hydrogen) atoms. The first-order valence-electron chi connectivity index (χ1n) is 5.21. The molecule has 82 valence electrons. The van der Waals surface area contributed by atoms with Crippen molar-refractivity contribution in [2.24, 2.45) is 0 Å². The molecule has 0 spiro atoms. The minimum Gasteiger partial charge on any atom is -0.295 e. The number of aromatic nitrogens is 2. The highest BCUT2D eigenvalue weighted by molar-refractivity contribution is 6.30. The van der Waals surface area contributed by atoms with E-state index in [0.29, 0.717) is 6.04 Å². The summed E-state index contributed by atoms with van der Waals surface area (Å²) in [5.41, 5.74) is 0.556. The van der Waals surface area contributed by atoms with Crippen LogP contribution in [0.4, 0.5) is 0 Å². The van der Waals surface area contributed by atoms with Crippen molar-refractivity contribution in [2.45, 2.75) is 25.8 Å². The Morgan fingerprint density at radius 1 is 1.73 bits per heavy atom. The van der Waals surface area contributed by atoms with Gasteiger partial charge in [0.05, 0.1) is 11.7 Å². The zero-order chi connectivity index (χ0) is 10.8. The number of H-pyrrole nitrogens is 1. The Morgan fingerprint density at radius 3 is 3.20 bits per heavy atom. The van der Waals surface area contributed by atoms with Gasteiger partial charge < -0.3 is 0 Å². The Hall–Kier alpha value is -0.870. The SMILES string of the molecule is CCN1CCCC1c1cc(Cl)c(=O)[nH]n1. The molecule has 1 aromatic heterocycles. The Labute approximate surface area is 93.2 Å². The third-order valence-electron chi connectivity index (χ3n) is 2.89. The van der Waals surface area contributed by atoms with Crippen LogP contribution in [0.1, 0.15) is 31.5 Å². The third kappa shape index (κ3) is 2.06. The van der Waals surface area contributed by atoms with E-state index < -0.39 is 0 Å². The average Bonchev–Trinajstić information content (AvgIpc) is 2.70. The van der Waals surface area contributed by atoms with E-state index >= 15 is 0 Å². The van der Waals surface area contributed by atoms with Crippen molar-refractivity contribution in [1.29, 1.82) is 0 Å². The zero-order valence-electron chi connectivity index (χ0n) is 8.66. The van der Waals surface area contributed by atoms with E-state index in [1.165, 1.54) is 6.42 Å². The number of hydrogen-bond acceptors (Lipinski definition) is 3. The number of hydrogen-bond donors (Lipinski definition) is 1. The maximum absolute atomic E-state index is 11.1. The van der Waals surface area contributed by atoms with Gasteiger partial charge in [0.15, 0.2) is 0 Å². The molecule has 1 atom stereocenters. The minimum absolute atomic E-state index is 0.225. The van der Waals surface area contributed by atoms with Crippen molar-refractivity contribution >= 4 is 11.6 Å². The highest BCUT2D eigenvalue weighted by Crippen LogP contribution is 2.30. The van der Waals surface area contributed by atoms with E-state index in [2.05, 4.69) is 22.0 Å². The Kier molecular flexibility index (Phi) is 3.07. The lowest BCUT2D eigenvalue weighted by molar-refractivity contribution is 0.265. The van der Waals surface area contributed by atoms with E-state index in [-0.39, 0.29) is 10.6 Å². The lowest BCUT2D eigenvalue weighted by Crippen LogP contribution is -2.24. The van der Waals surface area contributed by atoms with Crippen LogP contribution in [-0.2, 0) is 0 Å². The zero-order valence-corrected chi connectivity index (χ0v) is 9.42. The van der Waals surface area contributed by atoms with Gasteiger partial charge in [-0.3, -0.25) is 9.69 Å². The lowest BCUT2D eigenvalue weighted by Gasteiger charge is -2.21. The number of halogens is 1. The van der Waals surface area contributed by atoms with Gasteiger partial charge in [-0.25, -0.2) is 5.10 Å². The van der Waals surface area contributed by atoms with Crippen LogP contribution < -0.4 is 5.56 Å². The number of nitrogens with one attached hydrogen (secondary N) is 1. The van der Waals surface area contributed by atoms with Gasteiger partial charge in [-0.05, 0) is 32.0 Å². The maximum atomic E-state index is 11.1. The summed E-state index contributed by atoms with van der Waals surface area (Å²) in [6.45, 7) is 4.23.